The van der Waals surface area contributed by atoms with Gasteiger partial charge in [0.1, 0.15) is 13.2 Å². The van der Waals surface area contributed by atoms with E-state index in [0.29, 0.717) is 19.3 Å². The van der Waals surface area contributed by atoms with Gasteiger partial charge in [-0.3, -0.25) is 14.4 Å². The fourth-order valence-electron chi connectivity index (χ4n) is 9.41. The molecule has 0 N–H and O–H groups in total. The average molecular weight is 1110 g/mol. The second-order valence-electron chi connectivity index (χ2n) is 22.3. The molecule has 0 aliphatic carbocycles. The van der Waals surface area contributed by atoms with Gasteiger partial charge in [-0.05, 0) is 128 Å². The predicted molar refractivity (Wildman–Crippen MR) is 348 cm³/mol. The van der Waals surface area contributed by atoms with Gasteiger partial charge in [-0.25, -0.2) is 0 Å². The molecule has 0 fully saturated rings. The molecule has 0 spiro atoms. The zero-order chi connectivity index (χ0) is 57.8. The summed E-state index contributed by atoms with van der Waals surface area (Å²) in [5, 5.41) is 0. The van der Waals surface area contributed by atoms with E-state index in [0.717, 1.165) is 122 Å². The van der Waals surface area contributed by atoms with Gasteiger partial charge in [0.05, 0.1) is 0 Å². The third kappa shape index (κ3) is 64.9. The van der Waals surface area contributed by atoms with E-state index in [-0.39, 0.29) is 31.1 Å². The van der Waals surface area contributed by atoms with Gasteiger partial charge in [0.25, 0.3) is 0 Å². The summed E-state index contributed by atoms with van der Waals surface area (Å²) < 4.78 is 16.9. The second kappa shape index (κ2) is 67.6. The Bertz CT molecular complexity index is 1610. The number of rotatable bonds is 61. The highest BCUT2D eigenvalue weighted by molar-refractivity contribution is 5.71. The van der Waals surface area contributed by atoms with Crippen LogP contribution in [0.2, 0.25) is 0 Å². The lowest BCUT2D eigenvalue weighted by atomic mass is 10.0. The van der Waals surface area contributed by atoms with Crippen LogP contribution < -0.4 is 0 Å². The fourth-order valence-corrected chi connectivity index (χ4v) is 9.41. The Morgan fingerprint density at radius 1 is 0.263 bits per heavy atom. The molecule has 0 aliphatic rings. The van der Waals surface area contributed by atoms with Crippen LogP contribution in [0.25, 0.3) is 0 Å². The van der Waals surface area contributed by atoms with Crippen molar-refractivity contribution in [2.24, 2.45) is 0 Å². The minimum Gasteiger partial charge on any atom is -0.462 e. The summed E-state index contributed by atoms with van der Waals surface area (Å²) in [7, 11) is 0. The van der Waals surface area contributed by atoms with Crippen LogP contribution in [0.1, 0.15) is 323 Å². The molecule has 0 radical (unpaired) electrons. The number of carbonyl (C=O) groups excluding carboxylic acids is 3. The van der Waals surface area contributed by atoms with Gasteiger partial charge in [0, 0.05) is 19.3 Å². The first kappa shape index (κ1) is 76.1. The number of allylic oxidation sites excluding steroid dienone is 18. The largest absolute Gasteiger partial charge is 0.462 e. The maximum absolute atomic E-state index is 12.9. The molecule has 0 aliphatic heterocycles. The number of ether oxygens (including phenoxy) is 3. The Balaban J connectivity index is 4.17. The number of hydrogen-bond acceptors (Lipinski definition) is 6. The predicted octanol–water partition coefficient (Wildman–Crippen LogP) is 23.4. The van der Waals surface area contributed by atoms with Crippen molar-refractivity contribution in [2.45, 2.75) is 329 Å². The maximum Gasteiger partial charge on any atom is 0.306 e. The van der Waals surface area contributed by atoms with E-state index in [9.17, 15) is 14.4 Å². The molecule has 458 valence electrons. The number of hydrogen-bond donors (Lipinski definition) is 0. The first-order chi connectivity index (χ1) is 39.5. The Labute approximate surface area is 495 Å². The van der Waals surface area contributed by atoms with Gasteiger partial charge in [-0.2, -0.15) is 0 Å². The molecule has 0 aromatic rings. The zero-order valence-electron chi connectivity index (χ0n) is 52.6. The zero-order valence-corrected chi connectivity index (χ0v) is 52.6. The van der Waals surface area contributed by atoms with Crippen LogP contribution in [0.15, 0.2) is 109 Å². The van der Waals surface area contributed by atoms with Crippen LogP contribution >= 0.6 is 0 Å². The van der Waals surface area contributed by atoms with Crippen LogP contribution in [0.4, 0.5) is 0 Å². The van der Waals surface area contributed by atoms with Gasteiger partial charge in [-0.15, -0.1) is 0 Å². The monoisotopic (exact) mass is 1110 g/mol. The van der Waals surface area contributed by atoms with Gasteiger partial charge in [0.2, 0.25) is 0 Å². The van der Waals surface area contributed by atoms with Crippen molar-refractivity contribution < 1.29 is 28.6 Å². The van der Waals surface area contributed by atoms with Crippen molar-refractivity contribution in [3.8, 4) is 0 Å². The molecular formula is C74H126O6. The molecule has 0 amide bonds. The Kier molecular flexibility index (Phi) is 64.3. The Morgan fingerprint density at radius 3 is 0.787 bits per heavy atom. The highest BCUT2D eigenvalue weighted by Gasteiger charge is 2.19. The second-order valence-corrected chi connectivity index (χ2v) is 22.3. The van der Waals surface area contributed by atoms with Crippen molar-refractivity contribution >= 4 is 17.9 Å². The summed E-state index contributed by atoms with van der Waals surface area (Å²) in [6, 6.07) is 0. The third-order valence-corrected chi connectivity index (χ3v) is 14.5. The van der Waals surface area contributed by atoms with E-state index in [4.69, 9.17) is 14.2 Å². The van der Waals surface area contributed by atoms with Crippen LogP contribution in [0, 0.1) is 0 Å². The summed E-state index contributed by atoms with van der Waals surface area (Å²) in [6.07, 6.45) is 92.5. The quantitative estimate of drug-likeness (QED) is 0.0261. The summed E-state index contributed by atoms with van der Waals surface area (Å²) >= 11 is 0. The van der Waals surface area contributed by atoms with E-state index >= 15 is 0 Å². The van der Waals surface area contributed by atoms with Crippen LogP contribution in [0.3, 0.4) is 0 Å². The molecule has 1 atom stereocenters. The third-order valence-electron chi connectivity index (χ3n) is 14.5. The molecule has 0 aromatic heterocycles. The molecular weight excluding hydrogens is 985 g/mol. The summed E-state index contributed by atoms with van der Waals surface area (Å²) in [5.41, 5.74) is 0. The van der Waals surface area contributed by atoms with Crippen LogP contribution in [0.5, 0.6) is 0 Å². The van der Waals surface area contributed by atoms with E-state index in [2.05, 4.69) is 130 Å². The summed E-state index contributed by atoms with van der Waals surface area (Å²) in [6.45, 7) is 6.51. The molecule has 80 heavy (non-hydrogen) atoms. The molecule has 0 heterocycles. The van der Waals surface area contributed by atoms with Gasteiger partial charge in [0.15, 0.2) is 6.10 Å². The lowest BCUT2D eigenvalue weighted by molar-refractivity contribution is -0.167. The number of esters is 3. The Morgan fingerprint density at radius 2 is 0.487 bits per heavy atom. The van der Waals surface area contributed by atoms with Crippen LogP contribution in [-0.2, 0) is 28.6 Å². The van der Waals surface area contributed by atoms with Crippen molar-refractivity contribution in [1.29, 1.82) is 0 Å². The van der Waals surface area contributed by atoms with Gasteiger partial charge in [-0.1, -0.05) is 284 Å². The first-order valence-electron chi connectivity index (χ1n) is 33.9. The Hall–Kier alpha value is -3.93. The first-order valence-corrected chi connectivity index (χ1v) is 33.9. The van der Waals surface area contributed by atoms with Crippen molar-refractivity contribution in [3.05, 3.63) is 109 Å². The van der Waals surface area contributed by atoms with Crippen molar-refractivity contribution in [2.75, 3.05) is 13.2 Å². The molecule has 0 rings (SSSR count). The molecule has 1 unspecified atom stereocenters. The molecule has 6 nitrogen and oxygen atoms in total. The smallest absolute Gasteiger partial charge is 0.306 e. The topological polar surface area (TPSA) is 78.9 Å². The SMILES string of the molecule is CC/C=C\C/C=C\C/C=C\C/C=C\C/C=C\C/C=C\C/C=C\CCCCCCCCCCCCCCCC(=O)OCC(COC(=O)CCCCCCC/C=C\CCCCCC)OC(=O)CCCCCCC/C=C\CCCCCCC. The maximum atomic E-state index is 12.9. The van der Waals surface area contributed by atoms with E-state index < -0.39 is 6.10 Å². The van der Waals surface area contributed by atoms with E-state index in [1.807, 2.05) is 0 Å². The van der Waals surface area contributed by atoms with Crippen molar-refractivity contribution in [1.82, 2.24) is 0 Å². The van der Waals surface area contributed by atoms with Gasteiger partial charge >= 0.3 is 17.9 Å². The molecule has 0 saturated heterocycles. The molecule has 6 heteroatoms. The normalized spacial score (nSPS) is 12.8. The lowest BCUT2D eigenvalue weighted by Crippen LogP contribution is -2.30. The average Bonchev–Trinajstić information content (AvgIpc) is 3.46. The highest BCUT2D eigenvalue weighted by Crippen LogP contribution is 2.16. The summed E-state index contributed by atoms with van der Waals surface area (Å²) in [5.74, 6) is -0.891. The van der Waals surface area contributed by atoms with Gasteiger partial charge < -0.3 is 14.2 Å². The molecule has 0 aromatic carbocycles. The van der Waals surface area contributed by atoms with E-state index in [1.54, 1.807) is 0 Å². The standard InChI is InChI=1S/C74H126O6/c1-4-7-10-13-16-19-22-25-27-28-29-30-31-32-33-34-35-36-37-38-39-40-41-42-43-44-45-46-47-50-52-55-58-61-64-67-73(76)79-70-71(69-78-72(75)66-63-60-57-54-51-48-24-21-18-15-12-9-6-3)80-74(77)68-65-62-59-56-53-49-26-23-20-17-14-11-8-5-2/h7,10,16,19,21,23-27,29-30,32-33,35-36,38-39,71H,4-6,8-9,11-15,17-18,20,22,28,31,34,37,40-70H2,1-3H3/b10-7-,19-16-,24-21-,26-23-,27-25-,30-29-,33-32-,36-35-,39-38-. The van der Waals surface area contributed by atoms with Crippen molar-refractivity contribution in [3.63, 3.8) is 0 Å². The lowest BCUT2D eigenvalue weighted by Gasteiger charge is -2.18. The minimum absolute atomic E-state index is 0.0824. The fraction of sp³-hybridized carbons (Fsp3) is 0.716. The highest BCUT2D eigenvalue weighted by atomic mass is 16.6. The minimum atomic E-state index is -0.786. The number of unbranched alkanes of at least 4 members (excludes halogenated alkanes) is 32. The van der Waals surface area contributed by atoms with E-state index in [1.165, 1.54) is 161 Å². The van der Waals surface area contributed by atoms with Crippen LogP contribution in [-0.4, -0.2) is 37.2 Å². The molecule has 0 saturated carbocycles. The summed E-state index contributed by atoms with van der Waals surface area (Å²) in [4.78, 5) is 38.3. The number of carbonyl (C=O) groups is 3. The molecule has 0 bridgehead atoms.